The van der Waals surface area contributed by atoms with Gasteiger partial charge in [-0.3, -0.25) is 4.68 Å². The third-order valence-electron chi connectivity index (χ3n) is 4.20. The van der Waals surface area contributed by atoms with Gasteiger partial charge in [-0.1, -0.05) is 12.1 Å². The molecule has 8 heteroatoms. The molecule has 0 saturated heterocycles. The predicted octanol–water partition coefficient (Wildman–Crippen LogP) is 2.86. The van der Waals surface area contributed by atoms with Crippen LogP contribution in [0.2, 0.25) is 0 Å². The standard InChI is InChI=1S/C19H22N4O3S/c1-14(18-9-11-22-23(18)2)21-13-15-6-5-10-20-19(15)26-16-7-4-8-17(12-16)27(3,24)25/h4-12,14,21H,13H2,1-3H3. The molecule has 1 N–H and O–H groups in total. The molecule has 0 aliphatic carbocycles. The topological polar surface area (TPSA) is 86.1 Å². The second-order valence-electron chi connectivity index (χ2n) is 6.30. The monoisotopic (exact) mass is 386 g/mol. The number of nitrogens with zero attached hydrogens (tertiary/aromatic N) is 3. The molecule has 0 fully saturated rings. The highest BCUT2D eigenvalue weighted by Crippen LogP contribution is 2.25. The van der Waals surface area contributed by atoms with Gasteiger partial charge in [0.25, 0.3) is 0 Å². The molecule has 2 heterocycles. The normalized spacial score (nSPS) is 12.7. The molecule has 2 aromatic heterocycles. The maximum absolute atomic E-state index is 11.7. The Labute approximate surface area is 158 Å². The number of benzene rings is 1. The van der Waals surface area contributed by atoms with Crippen LogP contribution in [0.15, 0.2) is 59.8 Å². The van der Waals surface area contributed by atoms with E-state index in [1.807, 2.05) is 29.9 Å². The predicted molar refractivity (Wildman–Crippen MR) is 102 cm³/mol. The van der Waals surface area contributed by atoms with Crippen molar-refractivity contribution in [3.05, 3.63) is 66.1 Å². The number of aromatic nitrogens is 3. The summed E-state index contributed by atoms with van der Waals surface area (Å²) in [5.74, 6) is 0.866. The molecule has 1 aromatic carbocycles. The van der Waals surface area contributed by atoms with Crippen molar-refractivity contribution in [3.8, 4) is 11.6 Å². The molecule has 1 unspecified atom stereocenters. The molecule has 3 rings (SSSR count). The summed E-state index contributed by atoms with van der Waals surface area (Å²) >= 11 is 0. The fraction of sp³-hybridized carbons (Fsp3) is 0.263. The molecule has 0 spiro atoms. The van der Waals surface area contributed by atoms with E-state index in [0.717, 1.165) is 11.3 Å². The molecule has 0 amide bonds. The van der Waals surface area contributed by atoms with Gasteiger partial charge in [-0.2, -0.15) is 5.10 Å². The number of nitrogens with one attached hydrogen (secondary N) is 1. The molecular weight excluding hydrogens is 364 g/mol. The average molecular weight is 386 g/mol. The van der Waals surface area contributed by atoms with Crippen LogP contribution in [0, 0.1) is 0 Å². The van der Waals surface area contributed by atoms with Crippen LogP contribution in [0.1, 0.15) is 24.2 Å². The third-order valence-corrected chi connectivity index (χ3v) is 5.31. The van der Waals surface area contributed by atoms with Crippen molar-refractivity contribution in [1.82, 2.24) is 20.1 Å². The first-order valence-electron chi connectivity index (χ1n) is 8.48. The Morgan fingerprint density at radius 2 is 2.00 bits per heavy atom. The smallest absolute Gasteiger partial charge is 0.223 e. The summed E-state index contributed by atoms with van der Waals surface area (Å²) in [6.07, 6.45) is 4.58. The lowest BCUT2D eigenvalue weighted by Crippen LogP contribution is -2.21. The zero-order chi connectivity index (χ0) is 19.4. The van der Waals surface area contributed by atoms with E-state index in [4.69, 9.17) is 4.74 Å². The summed E-state index contributed by atoms with van der Waals surface area (Å²) in [5.41, 5.74) is 1.94. The number of hydrogen-bond donors (Lipinski definition) is 1. The van der Waals surface area contributed by atoms with E-state index in [1.165, 1.54) is 12.3 Å². The molecule has 3 aromatic rings. The van der Waals surface area contributed by atoms with E-state index in [2.05, 4.69) is 22.3 Å². The van der Waals surface area contributed by atoms with Crippen molar-refractivity contribution in [2.75, 3.05) is 6.26 Å². The van der Waals surface area contributed by atoms with E-state index in [-0.39, 0.29) is 10.9 Å². The molecule has 0 aliphatic heterocycles. The number of rotatable bonds is 7. The van der Waals surface area contributed by atoms with Crippen LogP contribution in [0.3, 0.4) is 0 Å². The van der Waals surface area contributed by atoms with Crippen LogP contribution in [0.5, 0.6) is 11.6 Å². The first-order valence-corrected chi connectivity index (χ1v) is 10.4. The summed E-state index contributed by atoms with van der Waals surface area (Å²) in [6.45, 7) is 2.60. The van der Waals surface area contributed by atoms with Crippen molar-refractivity contribution >= 4 is 9.84 Å². The summed E-state index contributed by atoms with van der Waals surface area (Å²) in [4.78, 5) is 4.50. The SMILES string of the molecule is CC(NCc1cccnc1Oc1cccc(S(C)(=O)=O)c1)c1ccnn1C. The van der Waals surface area contributed by atoms with Gasteiger partial charge in [0.2, 0.25) is 5.88 Å². The molecule has 0 saturated carbocycles. The molecule has 27 heavy (non-hydrogen) atoms. The van der Waals surface area contributed by atoms with Crippen LogP contribution >= 0.6 is 0 Å². The Kier molecular flexibility index (Phi) is 5.57. The van der Waals surface area contributed by atoms with Crippen LogP contribution in [-0.4, -0.2) is 29.4 Å². The highest BCUT2D eigenvalue weighted by Gasteiger charge is 2.13. The zero-order valence-corrected chi connectivity index (χ0v) is 16.3. The van der Waals surface area contributed by atoms with Gasteiger partial charge < -0.3 is 10.1 Å². The van der Waals surface area contributed by atoms with Crippen molar-refractivity contribution in [3.63, 3.8) is 0 Å². The number of sulfone groups is 1. The highest BCUT2D eigenvalue weighted by molar-refractivity contribution is 7.90. The van der Waals surface area contributed by atoms with Crippen molar-refractivity contribution in [1.29, 1.82) is 0 Å². The molecule has 7 nitrogen and oxygen atoms in total. The molecule has 142 valence electrons. The van der Waals surface area contributed by atoms with Gasteiger partial charge in [0.1, 0.15) is 5.75 Å². The minimum absolute atomic E-state index is 0.0964. The van der Waals surface area contributed by atoms with Gasteiger partial charge in [0.05, 0.1) is 10.6 Å². The van der Waals surface area contributed by atoms with Crippen molar-refractivity contribution in [2.45, 2.75) is 24.4 Å². The Bertz CT molecular complexity index is 1030. The molecule has 0 aliphatic rings. The number of hydrogen-bond acceptors (Lipinski definition) is 6. The van der Waals surface area contributed by atoms with Crippen LogP contribution < -0.4 is 10.1 Å². The van der Waals surface area contributed by atoms with Crippen LogP contribution in [0.4, 0.5) is 0 Å². The van der Waals surface area contributed by atoms with Gasteiger partial charge in [0.15, 0.2) is 9.84 Å². The van der Waals surface area contributed by atoms with E-state index in [9.17, 15) is 8.42 Å². The first kappa shape index (κ1) is 19.1. The number of ether oxygens (including phenoxy) is 1. The van der Waals surface area contributed by atoms with Gasteiger partial charge in [-0.25, -0.2) is 13.4 Å². The third kappa shape index (κ3) is 4.72. The second kappa shape index (κ2) is 7.89. The average Bonchev–Trinajstić information content (AvgIpc) is 3.06. The lowest BCUT2D eigenvalue weighted by atomic mass is 10.2. The Hall–Kier alpha value is -2.71. The van der Waals surface area contributed by atoms with Gasteiger partial charge in [-0.15, -0.1) is 0 Å². The molecule has 0 radical (unpaired) electrons. The van der Waals surface area contributed by atoms with Gasteiger partial charge >= 0.3 is 0 Å². The minimum Gasteiger partial charge on any atom is -0.439 e. The van der Waals surface area contributed by atoms with Crippen molar-refractivity contribution in [2.24, 2.45) is 7.05 Å². The fourth-order valence-electron chi connectivity index (χ4n) is 2.71. The maximum atomic E-state index is 11.7. The largest absolute Gasteiger partial charge is 0.439 e. The van der Waals surface area contributed by atoms with E-state index < -0.39 is 9.84 Å². The van der Waals surface area contributed by atoms with E-state index in [0.29, 0.717) is 18.2 Å². The summed E-state index contributed by atoms with van der Waals surface area (Å²) < 4.78 is 31.2. The molecule has 0 bridgehead atoms. The zero-order valence-electron chi connectivity index (χ0n) is 15.5. The van der Waals surface area contributed by atoms with Crippen LogP contribution in [-0.2, 0) is 23.4 Å². The lowest BCUT2D eigenvalue weighted by molar-refractivity contribution is 0.446. The summed E-state index contributed by atoms with van der Waals surface area (Å²) in [7, 11) is -1.40. The Balaban J connectivity index is 1.76. The van der Waals surface area contributed by atoms with Gasteiger partial charge in [0, 0.05) is 43.8 Å². The second-order valence-corrected chi connectivity index (χ2v) is 8.31. The van der Waals surface area contributed by atoms with E-state index >= 15 is 0 Å². The Morgan fingerprint density at radius 3 is 2.70 bits per heavy atom. The molecular formula is C19H22N4O3S. The number of aryl methyl sites for hydroxylation is 1. The minimum atomic E-state index is -3.30. The van der Waals surface area contributed by atoms with Gasteiger partial charge in [-0.05, 0) is 37.3 Å². The maximum Gasteiger partial charge on any atom is 0.223 e. The summed E-state index contributed by atoms with van der Waals surface area (Å²) in [5, 5.41) is 7.61. The van der Waals surface area contributed by atoms with E-state index in [1.54, 1.807) is 30.6 Å². The van der Waals surface area contributed by atoms with Crippen molar-refractivity contribution < 1.29 is 13.2 Å². The highest BCUT2D eigenvalue weighted by atomic mass is 32.2. The fourth-order valence-corrected chi connectivity index (χ4v) is 3.36. The number of pyridine rings is 1. The quantitative estimate of drug-likeness (QED) is 0.672. The first-order chi connectivity index (χ1) is 12.8. The molecule has 1 atom stereocenters. The van der Waals surface area contributed by atoms with Crippen LogP contribution in [0.25, 0.3) is 0 Å². The Morgan fingerprint density at radius 1 is 1.19 bits per heavy atom. The summed E-state index contributed by atoms with van der Waals surface area (Å²) in [6, 6.07) is 12.2. The lowest BCUT2D eigenvalue weighted by Gasteiger charge is -2.16.